The maximum atomic E-state index is 11.9. The molecule has 2 atom stereocenters. The zero-order valence-electron chi connectivity index (χ0n) is 16.5. The SMILES string of the molecule is C[C@H](NC(c1ccccc1)c1cccc(C=C2SC(=O)NC2=O)c1)c1ccccc1. The largest absolute Gasteiger partial charge is 0.300 e. The molecule has 1 aliphatic rings. The van der Waals surface area contributed by atoms with E-state index < -0.39 is 0 Å². The highest BCUT2D eigenvalue weighted by Gasteiger charge is 2.25. The van der Waals surface area contributed by atoms with E-state index in [9.17, 15) is 9.59 Å². The second-order valence-corrected chi connectivity index (χ2v) is 8.18. The molecule has 0 radical (unpaired) electrons. The van der Waals surface area contributed by atoms with Crippen molar-refractivity contribution in [2.24, 2.45) is 0 Å². The van der Waals surface area contributed by atoms with Crippen molar-refractivity contribution in [3.63, 3.8) is 0 Å². The summed E-state index contributed by atoms with van der Waals surface area (Å²) in [7, 11) is 0. The van der Waals surface area contributed by atoms with Crippen molar-refractivity contribution in [1.82, 2.24) is 10.6 Å². The first-order valence-electron chi connectivity index (χ1n) is 9.81. The molecule has 1 unspecified atom stereocenters. The molecule has 1 aliphatic heterocycles. The highest BCUT2D eigenvalue weighted by molar-refractivity contribution is 8.18. The number of carbonyl (C=O) groups is 2. The second-order valence-electron chi connectivity index (χ2n) is 7.17. The summed E-state index contributed by atoms with van der Waals surface area (Å²) < 4.78 is 0. The van der Waals surface area contributed by atoms with Crippen LogP contribution in [0, 0.1) is 0 Å². The zero-order valence-corrected chi connectivity index (χ0v) is 17.4. The molecule has 2 N–H and O–H groups in total. The lowest BCUT2D eigenvalue weighted by Gasteiger charge is -2.25. The quantitative estimate of drug-likeness (QED) is 0.527. The maximum Gasteiger partial charge on any atom is 0.290 e. The Bertz CT molecular complexity index is 1080. The fourth-order valence-corrected chi connectivity index (χ4v) is 4.20. The molecule has 0 bridgehead atoms. The van der Waals surface area contributed by atoms with Crippen molar-refractivity contribution in [3.8, 4) is 0 Å². The molecule has 0 spiro atoms. The molecule has 4 rings (SSSR count). The lowest BCUT2D eigenvalue weighted by atomic mass is 9.95. The number of thioether (sulfide) groups is 1. The summed E-state index contributed by atoms with van der Waals surface area (Å²) in [6, 6.07) is 28.8. The van der Waals surface area contributed by atoms with Gasteiger partial charge in [-0.15, -0.1) is 0 Å². The number of nitrogens with one attached hydrogen (secondary N) is 2. The van der Waals surface area contributed by atoms with E-state index in [0.717, 1.165) is 28.5 Å². The van der Waals surface area contributed by atoms with E-state index in [0.29, 0.717) is 4.91 Å². The summed E-state index contributed by atoms with van der Waals surface area (Å²) in [6.07, 6.45) is 1.76. The molecule has 0 aromatic heterocycles. The fourth-order valence-electron chi connectivity index (χ4n) is 3.52. The van der Waals surface area contributed by atoms with Crippen molar-refractivity contribution in [3.05, 3.63) is 112 Å². The Morgan fingerprint density at radius 2 is 1.47 bits per heavy atom. The van der Waals surface area contributed by atoms with Crippen LogP contribution in [0.5, 0.6) is 0 Å². The van der Waals surface area contributed by atoms with Crippen LogP contribution in [0.4, 0.5) is 4.79 Å². The zero-order chi connectivity index (χ0) is 20.9. The molecular formula is C25H22N2O2S. The third-order valence-corrected chi connectivity index (χ3v) is 5.84. The summed E-state index contributed by atoms with van der Waals surface area (Å²) in [4.78, 5) is 23.8. The minimum atomic E-state index is -0.342. The summed E-state index contributed by atoms with van der Waals surface area (Å²) in [5, 5.41) is 5.71. The van der Waals surface area contributed by atoms with Gasteiger partial charge in [-0.1, -0.05) is 78.9 Å². The first-order chi connectivity index (χ1) is 14.6. The van der Waals surface area contributed by atoms with Crippen LogP contribution in [0.15, 0.2) is 89.8 Å². The predicted octanol–water partition coefficient (Wildman–Crippen LogP) is 5.45. The van der Waals surface area contributed by atoms with Crippen LogP contribution in [0.2, 0.25) is 0 Å². The van der Waals surface area contributed by atoms with Crippen molar-refractivity contribution < 1.29 is 9.59 Å². The summed E-state index contributed by atoms with van der Waals surface area (Å²) in [5.74, 6) is -0.342. The van der Waals surface area contributed by atoms with Crippen LogP contribution in [-0.4, -0.2) is 11.1 Å². The molecule has 5 heteroatoms. The van der Waals surface area contributed by atoms with E-state index in [1.54, 1.807) is 6.08 Å². The van der Waals surface area contributed by atoms with Crippen LogP contribution < -0.4 is 10.6 Å². The van der Waals surface area contributed by atoms with Crippen molar-refractivity contribution in [2.75, 3.05) is 0 Å². The number of benzene rings is 3. The van der Waals surface area contributed by atoms with E-state index >= 15 is 0 Å². The number of amides is 2. The van der Waals surface area contributed by atoms with E-state index in [1.807, 2.05) is 48.5 Å². The molecule has 1 fully saturated rings. The lowest BCUT2D eigenvalue weighted by Crippen LogP contribution is -2.25. The van der Waals surface area contributed by atoms with E-state index in [1.165, 1.54) is 5.56 Å². The molecule has 3 aromatic rings. The third-order valence-electron chi connectivity index (χ3n) is 5.03. The molecule has 30 heavy (non-hydrogen) atoms. The van der Waals surface area contributed by atoms with Crippen LogP contribution >= 0.6 is 11.8 Å². The van der Waals surface area contributed by atoms with Crippen LogP contribution in [0.1, 0.15) is 41.3 Å². The standard InChI is InChI=1S/C25H22N2O2S/c1-17(19-10-4-2-5-11-19)26-23(20-12-6-3-7-13-20)21-14-8-9-18(15-21)16-22-24(28)27-25(29)30-22/h2-17,23,26H,1H3,(H,27,28,29)/t17-,23?/m0/s1. The fraction of sp³-hybridized carbons (Fsp3) is 0.120. The average Bonchev–Trinajstić information content (AvgIpc) is 3.09. The van der Waals surface area contributed by atoms with Crippen LogP contribution in [0.3, 0.4) is 0 Å². The number of hydrogen-bond donors (Lipinski definition) is 2. The molecule has 150 valence electrons. The smallest absolute Gasteiger partial charge is 0.290 e. The molecule has 3 aromatic carbocycles. The number of carbonyl (C=O) groups excluding carboxylic acids is 2. The second kappa shape index (κ2) is 9.11. The van der Waals surface area contributed by atoms with Gasteiger partial charge in [0, 0.05) is 6.04 Å². The molecule has 0 saturated carbocycles. The van der Waals surface area contributed by atoms with E-state index in [2.05, 4.69) is 54.0 Å². The topological polar surface area (TPSA) is 58.2 Å². The monoisotopic (exact) mass is 414 g/mol. The van der Waals surface area contributed by atoms with Crippen LogP contribution in [0.25, 0.3) is 6.08 Å². The van der Waals surface area contributed by atoms with E-state index in [4.69, 9.17) is 0 Å². The molecule has 0 aliphatic carbocycles. The van der Waals surface area contributed by atoms with Gasteiger partial charge in [0.25, 0.3) is 11.1 Å². The van der Waals surface area contributed by atoms with Crippen molar-refractivity contribution in [2.45, 2.75) is 19.0 Å². The molecule has 1 heterocycles. The Labute approximate surface area is 180 Å². The van der Waals surface area contributed by atoms with Gasteiger partial charge < -0.3 is 0 Å². The third kappa shape index (κ3) is 4.70. The highest BCUT2D eigenvalue weighted by atomic mass is 32.2. The molecule has 4 nitrogen and oxygen atoms in total. The van der Waals surface area contributed by atoms with Gasteiger partial charge >= 0.3 is 0 Å². The highest BCUT2D eigenvalue weighted by Crippen LogP contribution is 2.29. The molecular weight excluding hydrogens is 392 g/mol. The first kappa shape index (κ1) is 20.1. The van der Waals surface area contributed by atoms with Crippen molar-refractivity contribution in [1.29, 1.82) is 0 Å². The lowest BCUT2D eigenvalue weighted by molar-refractivity contribution is -0.115. The van der Waals surface area contributed by atoms with Gasteiger partial charge in [-0.3, -0.25) is 20.2 Å². The van der Waals surface area contributed by atoms with Gasteiger partial charge in [-0.25, -0.2) is 0 Å². The van der Waals surface area contributed by atoms with Gasteiger partial charge in [0.15, 0.2) is 0 Å². The Morgan fingerprint density at radius 3 is 2.10 bits per heavy atom. The molecule has 1 saturated heterocycles. The van der Waals surface area contributed by atoms with Gasteiger partial charge in [-0.05, 0) is 53.1 Å². The van der Waals surface area contributed by atoms with Gasteiger partial charge in [0.1, 0.15) is 0 Å². The first-order valence-corrected chi connectivity index (χ1v) is 10.6. The number of hydrogen-bond acceptors (Lipinski definition) is 4. The predicted molar refractivity (Wildman–Crippen MR) is 122 cm³/mol. The van der Waals surface area contributed by atoms with Gasteiger partial charge in [0.05, 0.1) is 10.9 Å². The van der Waals surface area contributed by atoms with Gasteiger partial charge in [-0.2, -0.15) is 0 Å². The number of imide groups is 1. The minimum Gasteiger partial charge on any atom is -0.300 e. The Morgan fingerprint density at radius 1 is 0.833 bits per heavy atom. The summed E-state index contributed by atoms with van der Waals surface area (Å²) in [5.41, 5.74) is 4.35. The number of rotatable bonds is 6. The van der Waals surface area contributed by atoms with E-state index in [-0.39, 0.29) is 23.2 Å². The minimum absolute atomic E-state index is 0.0218. The molecule has 2 amide bonds. The maximum absolute atomic E-state index is 11.9. The van der Waals surface area contributed by atoms with Crippen LogP contribution in [-0.2, 0) is 4.79 Å². The average molecular weight is 415 g/mol. The summed E-state index contributed by atoms with van der Waals surface area (Å²) in [6.45, 7) is 2.15. The Balaban J connectivity index is 1.67. The normalized spacial score (nSPS) is 17.0. The van der Waals surface area contributed by atoms with Gasteiger partial charge in [0.2, 0.25) is 0 Å². The summed E-state index contributed by atoms with van der Waals surface area (Å²) >= 11 is 0.933. The van der Waals surface area contributed by atoms with Crippen molar-refractivity contribution >= 4 is 29.0 Å². The Hall–Kier alpha value is -3.15. The Kier molecular flexibility index (Phi) is 6.12.